The van der Waals surface area contributed by atoms with Gasteiger partial charge in [-0.1, -0.05) is 24.8 Å². The lowest BCUT2D eigenvalue weighted by Crippen LogP contribution is -2.45. The zero-order chi connectivity index (χ0) is 25.6. The fourth-order valence-corrected chi connectivity index (χ4v) is 4.44. The maximum Gasteiger partial charge on any atom is 0.305 e. The average molecular weight is 479 g/mol. The van der Waals surface area contributed by atoms with Gasteiger partial charge in [0, 0.05) is 32.3 Å². The summed E-state index contributed by atoms with van der Waals surface area (Å²) in [5, 5.41) is 20.9. The summed E-state index contributed by atoms with van der Waals surface area (Å²) in [6.07, 6.45) is 0.0492. The molecule has 0 aromatic carbocycles. The highest BCUT2D eigenvalue weighted by Crippen LogP contribution is 2.44. The smallest absolute Gasteiger partial charge is 0.305 e. The lowest BCUT2D eigenvalue weighted by molar-refractivity contribution is -0.182. The molecular formula is C25H34O9. The summed E-state index contributed by atoms with van der Waals surface area (Å²) in [5.74, 6) is -2.80. The number of fused-ring (bicyclic) bond motifs is 1. The van der Waals surface area contributed by atoms with E-state index >= 15 is 0 Å². The molecule has 0 radical (unpaired) electrons. The fraction of sp³-hybridized carbons (Fsp3) is 0.560. The van der Waals surface area contributed by atoms with Crippen molar-refractivity contribution < 1.29 is 43.5 Å². The summed E-state index contributed by atoms with van der Waals surface area (Å²) in [4.78, 5) is 35.6. The number of aliphatic hydroxyl groups excluding tert-OH is 2. The third-order valence-corrected chi connectivity index (χ3v) is 5.88. The molecule has 0 bridgehead atoms. The standard InChI is InChI=1S/C25H34O9/c1-7-8-21(32-15(4)26)24(33-16(5)27)19-12-31-25(34-17(6)28)22-14(3)11-20(29)23(30)13(2)9-10-18(19)22/h7-8,12,18,20-25,29-30H,2-3,9-11H2,1,4-6H3/b8-7+/t18-,20-,21+,22+,23+,24-,25-/m1/s1. The maximum absolute atomic E-state index is 12.0. The van der Waals surface area contributed by atoms with E-state index in [1.165, 1.54) is 27.0 Å². The maximum atomic E-state index is 12.0. The van der Waals surface area contributed by atoms with Crippen LogP contribution in [0.5, 0.6) is 0 Å². The number of hydrogen-bond donors (Lipinski definition) is 2. The quantitative estimate of drug-likeness (QED) is 0.336. The average Bonchev–Trinajstić information content (AvgIpc) is 2.77. The molecule has 1 saturated carbocycles. The van der Waals surface area contributed by atoms with E-state index in [0.717, 1.165) is 0 Å². The molecule has 9 nitrogen and oxygen atoms in total. The van der Waals surface area contributed by atoms with Gasteiger partial charge in [-0.3, -0.25) is 14.4 Å². The second kappa shape index (κ2) is 12.0. The number of rotatable bonds is 6. The van der Waals surface area contributed by atoms with Crippen LogP contribution in [-0.2, 0) is 33.3 Å². The van der Waals surface area contributed by atoms with Gasteiger partial charge in [-0.25, -0.2) is 0 Å². The Bertz CT molecular complexity index is 872. The zero-order valence-electron chi connectivity index (χ0n) is 20.1. The van der Waals surface area contributed by atoms with Crippen molar-refractivity contribution in [3.8, 4) is 0 Å². The molecule has 0 amide bonds. The molecule has 2 rings (SSSR count). The van der Waals surface area contributed by atoms with Crippen molar-refractivity contribution in [2.24, 2.45) is 11.8 Å². The summed E-state index contributed by atoms with van der Waals surface area (Å²) in [5.41, 5.74) is 1.41. The Balaban J connectivity index is 2.61. The monoisotopic (exact) mass is 478 g/mol. The molecule has 0 aromatic heterocycles. The second-order valence-corrected chi connectivity index (χ2v) is 8.57. The van der Waals surface area contributed by atoms with Gasteiger partial charge in [-0.15, -0.1) is 0 Å². The largest absolute Gasteiger partial charge is 0.462 e. The summed E-state index contributed by atoms with van der Waals surface area (Å²) in [7, 11) is 0. The van der Waals surface area contributed by atoms with Crippen molar-refractivity contribution in [1.29, 1.82) is 0 Å². The number of allylic oxidation sites excluding steroid dienone is 1. The van der Waals surface area contributed by atoms with Gasteiger partial charge in [0.25, 0.3) is 0 Å². The van der Waals surface area contributed by atoms with Crippen molar-refractivity contribution in [2.45, 2.75) is 77.7 Å². The Hall–Kier alpha value is -2.91. The Labute approximate surface area is 199 Å². The lowest BCUT2D eigenvalue weighted by Gasteiger charge is -2.41. The number of esters is 3. The van der Waals surface area contributed by atoms with E-state index in [4.69, 9.17) is 18.9 Å². The van der Waals surface area contributed by atoms with Gasteiger partial charge >= 0.3 is 17.9 Å². The summed E-state index contributed by atoms with van der Waals surface area (Å²) < 4.78 is 22.2. The molecule has 0 saturated heterocycles. The highest BCUT2D eigenvalue weighted by molar-refractivity contribution is 5.68. The van der Waals surface area contributed by atoms with E-state index < -0.39 is 60.4 Å². The summed E-state index contributed by atoms with van der Waals surface area (Å²) in [6.45, 7) is 13.5. The third kappa shape index (κ3) is 6.80. The van der Waals surface area contributed by atoms with Gasteiger partial charge in [0.05, 0.1) is 18.3 Å². The molecule has 9 heteroatoms. The third-order valence-electron chi connectivity index (χ3n) is 5.88. The van der Waals surface area contributed by atoms with Crippen LogP contribution in [0.2, 0.25) is 0 Å². The number of hydrogen-bond acceptors (Lipinski definition) is 9. The molecule has 7 atom stereocenters. The first-order chi connectivity index (χ1) is 16.0. The minimum Gasteiger partial charge on any atom is -0.462 e. The van der Waals surface area contributed by atoms with E-state index in [1.807, 2.05) is 0 Å². The van der Waals surface area contributed by atoms with Crippen LogP contribution >= 0.6 is 0 Å². The van der Waals surface area contributed by atoms with Crippen LogP contribution in [0.4, 0.5) is 0 Å². The number of ether oxygens (including phenoxy) is 4. The van der Waals surface area contributed by atoms with Crippen LogP contribution in [0, 0.1) is 11.8 Å². The van der Waals surface area contributed by atoms with Gasteiger partial charge in [-0.05, 0) is 37.8 Å². The van der Waals surface area contributed by atoms with E-state index in [-0.39, 0.29) is 6.42 Å². The molecule has 0 aromatic rings. The molecule has 1 fully saturated rings. The minimum absolute atomic E-state index is 0.0101. The molecule has 0 unspecified atom stereocenters. The molecule has 1 aliphatic heterocycles. The highest BCUT2D eigenvalue weighted by atomic mass is 16.7. The molecular weight excluding hydrogens is 444 g/mol. The van der Waals surface area contributed by atoms with Crippen molar-refractivity contribution in [3.63, 3.8) is 0 Å². The molecule has 0 spiro atoms. The normalized spacial score (nSPS) is 29.4. The van der Waals surface area contributed by atoms with Crippen LogP contribution in [0.1, 0.15) is 47.0 Å². The van der Waals surface area contributed by atoms with Crippen molar-refractivity contribution in [2.75, 3.05) is 0 Å². The predicted octanol–water partition coefficient (Wildman–Crippen LogP) is 2.48. The Kier molecular flexibility index (Phi) is 9.64. The fourth-order valence-electron chi connectivity index (χ4n) is 4.44. The van der Waals surface area contributed by atoms with Crippen LogP contribution in [-0.4, -0.2) is 58.8 Å². The highest BCUT2D eigenvalue weighted by Gasteiger charge is 2.46. The SMILES string of the molecule is C=C1C[C@@H](O)[C@@H](O)C(=C)CC[C@@H]2C([C@@H](OC(C)=O)[C@H](/C=C/C)OC(C)=O)=CO[C@H](OC(C)=O)[C@@H]12. The summed E-state index contributed by atoms with van der Waals surface area (Å²) in [6, 6.07) is 0. The second-order valence-electron chi connectivity index (χ2n) is 8.57. The van der Waals surface area contributed by atoms with Gasteiger partial charge in [0.1, 0.15) is 6.10 Å². The minimum atomic E-state index is -1.15. The molecule has 188 valence electrons. The van der Waals surface area contributed by atoms with Gasteiger partial charge in [0.15, 0.2) is 12.2 Å². The Morgan fingerprint density at radius 2 is 1.74 bits per heavy atom. The van der Waals surface area contributed by atoms with Crippen molar-refractivity contribution >= 4 is 17.9 Å². The first-order valence-corrected chi connectivity index (χ1v) is 11.2. The Morgan fingerprint density at radius 1 is 1.09 bits per heavy atom. The van der Waals surface area contributed by atoms with Gasteiger partial charge < -0.3 is 29.2 Å². The molecule has 34 heavy (non-hydrogen) atoms. The van der Waals surface area contributed by atoms with E-state index in [9.17, 15) is 24.6 Å². The van der Waals surface area contributed by atoms with Crippen LogP contribution in [0.15, 0.2) is 48.3 Å². The lowest BCUT2D eigenvalue weighted by atomic mass is 9.74. The van der Waals surface area contributed by atoms with Crippen molar-refractivity contribution in [1.82, 2.24) is 0 Å². The predicted molar refractivity (Wildman–Crippen MR) is 122 cm³/mol. The van der Waals surface area contributed by atoms with Crippen LogP contribution in [0.25, 0.3) is 0 Å². The Morgan fingerprint density at radius 3 is 2.29 bits per heavy atom. The topological polar surface area (TPSA) is 129 Å². The van der Waals surface area contributed by atoms with Gasteiger partial charge in [-0.2, -0.15) is 0 Å². The zero-order valence-corrected chi connectivity index (χ0v) is 20.1. The molecule has 2 aliphatic rings. The summed E-state index contributed by atoms with van der Waals surface area (Å²) >= 11 is 0. The molecule has 1 aliphatic carbocycles. The molecule has 1 heterocycles. The first kappa shape index (κ1) is 27.3. The number of carbonyl (C=O) groups is 3. The van der Waals surface area contributed by atoms with Crippen molar-refractivity contribution in [3.05, 3.63) is 48.3 Å². The van der Waals surface area contributed by atoms with Gasteiger partial charge in [0.2, 0.25) is 6.29 Å². The van der Waals surface area contributed by atoms with E-state index in [0.29, 0.717) is 29.6 Å². The van der Waals surface area contributed by atoms with Crippen LogP contribution in [0.3, 0.4) is 0 Å². The van der Waals surface area contributed by atoms with E-state index in [2.05, 4.69) is 13.2 Å². The first-order valence-electron chi connectivity index (χ1n) is 11.2. The molecule has 2 N–H and O–H groups in total. The number of carbonyl (C=O) groups excluding carboxylic acids is 3. The van der Waals surface area contributed by atoms with Crippen LogP contribution < -0.4 is 0 Å². The van der Waals surface area contributed by atoms with E-state index in [1.54, 1.807) is 19.1 Å². The number of aliphatic hydroxyl groups is 2.